The van der Waals surface area contributed by atoms with Crippen LogP contribution < -0.4 is 5.32 Å². The number of hydrogen-bond acceptors (Lipinski definition) is 3. The van der Waals surface area contributed by atoms with Gasteiger partial charge in [-0.25, -0.2) is 4.79 Å². The standard InChI is InChI=1S/C19H24N2O3/c1-5-24-19(23)18-13(3)16(14(4)20-18)10-11-17(22)21-15-8-6-12(2)7-9-15/h6-9,20H,5,10-11H2,1-4H3,(H,21,22). The maximum Gasteiger partial charge on any atom is 0.355 e. The molecule has 0 fully saturated rings. The van der Waals surface area contributed by atoms with Gasteiger partial charge in [-0.1, -0.05) is 17.7 Å². The van der Waals surface area contributed by atoms with Crippen LogP contribution in [-0.4, -0.2) is 23.5 Å². The zero-order chi connectivity index (χ0) is 17.7. The number of hydrogen-bond donors (Lipinski definition) is 2. The monoisotopic (exact) mass is 328 g/mol. The number of H-pyrrole nitrogens is 1. The predicted molar refractivity (Wildman–Crippen MR) is 94.4 cm³/mol. The number of aryl methyl sites for hydroxylation is 2. The van der Waals surface area contributed by atoms with Gasteiger partial charge in [-0.3, -0.25) is 4.79 Å². The van der Waals surface area contributed by atoms with Crippen LogP contribution in [0.3, 0.4) is 0 Å². The smallest absolute Gasteiger partial charge is 0.355 e. The SMILES string of the molecule is CCOC(=O)c1[nH]c(C)c(CCC(=O)Nc2ccc(C)cc2)c1C. The van der Waals surface area contributed by atoms with Crippen molar-refractivity contribution in [3.05, 3.63) is 52.3 Å². The van der Waals surface area contributed by atoms with Gasteiger partial charge < -0.3 is 15.0 Å². The van der Waals surface area contributed by atoms with E-state index in [1.54, 1.807) is 6.92 Å². The van der Waals surface area contributed by atoms with Crippen LogP contribution in [0.1, 0.15) is 46.2 Å². The first-order valence-electron chi connectivity index (χ1n) is 8.14. The number of ether oxygens (including phenoxy) is 1. The van der Waals surface area contributed by atoms with Gasteiger partial charge in [0.2, 0.25) is 5.91 Å². The maximum absolute atomic E-state index is 12.1. The van der Waals surface area contributed by atoms with E-state index in [4.69, 9.17) is 4.74 Å². The Morgan fingerprint density at radius 2 is 1.79 bits per heavy atom. The molecule has 0 spiro atoms. The minimum absolute atomic E-state index is 0.0449. The quantitative estimate of drug-likeness (QED) is 0.795. The Balaban J connectivity index is 2.00. The molecule has 2 aromatic rings. The average Bonchev–Trinajstić information content (AvgIpc) is 2.82. The van der Waals surface area contributed by atoms with Gasteiger partial charge in [-0.2, -0.15) is 0 Å². The van der Waals surface area contributed by atoms with E-state index < -0.39 is 0 Å². The van der Waals surface area contributed by atoms with Crippen molar-refractivity contribution in [3.63, 3.8) is 0 Å². The number of aromatic nitrogens is 1. The minimum Gasteiger partial charge on any atom is -0.461 e. The summed E-state index contributed by atoms with van der Waals surface area (Å²) < 4.78 is 5.04. The molecule has 5 heteroatoms. The molecule has 2 N–H and O–H groups in total. The molecule has 1 aromatic heterocycles. The summed E-state index contributed by atoms with van der Waals surface area (Å²) in [6.07, 6.45) is 0.931. The van der Waals surface area contributed by atoms with Crippen LogP contribution in [0.5, 0.6) is 0 Å². The molecular formula is C19H24N2O3. The van der Waals surface area contributed by atoms with Gasteiger partial charge in [0.1, 0.15) is 5.69 Å². The lowest BCUT2D eigenvalue weighted by Gasteiger charge is -2.06. The molecule has 0 aliphatic heterocycles. The number of carbonyl (C=O) groups is 2. The first-order valence-corrected chi connectivity index (χ1v) is 8.14. The second kappa shape index (κ2) is 7.81. The third kappa shape index (κ3) is 4.25. The van der Waals surface area contributed by atoms with Crippen molar-refractivity contribution >= 4 is 17.6 Å². The summed E-state index contributed by atoms with van der Waals surface area (Å²) in [6.45, 7) is 7.90. The predicted octanol–water partition coefficient (Wildman–Crippen LogP) is 3.69. The van der Waals surface area contributed by atoms with Crippen molar-refractivity contribution in [1.29, 1.82) is 0 Å². The molecule has 1 amide bonds. The molecule has 0 aliphatic carbocycles. The second-order valence-corrected chi connectivity index (χ2v) is 5.86. The number of benzene rings is 1. The van der Waals surface area contributed by atoms with Gasteiger partial charge in [0, 0.05) is 17.8 Å². The molecule has 0 aliphatic rings. The third-order valence-electron chi connectivity index (χ3n) is 4.01. The normalized spacial score (nSPS) is 10.5. The summed E-state index contributed by atoms with van der Waals surface area (Å²) in [5, 5.41) is 2.89. The summed E-state index contributed by atoms with van der Waals surface area (Å²) in [6, 6.07) is 7.70. The lowest BCUT2D eigenvalue weighted by molar-refractivity contribution is -0.116. The van der Waals surface area contributed by atoms with E-state index in [1.807, 2.05) is 45.0 Å². The summed E-state index contributed by atoms with van der Waals surface area (Å²) >= 11 is 0. The highest BCUT2D eigenvalue weighted by Gasteiger charge is 2.18. The summed E-state index contributed by atoms with van der Waals surface area (Å²) in [4.78, 5) is 27.1. The Morgan fingerprint density at radius 3 is 2.42 bits per heavy atom. The summed E-state index contributed by atoms with van der Waals surface area (Å²) in [5.74, 6) is -0.398. The van der Waals surface area contributed by atoms with Gasteiger partial charge in [0.15, 0.2) is 0 Å². The van der Waals surface area contributed by atoms with Crippen LogP contribution >= 0.6 is 0 Å². The van der Waals surface area contributed by atoms with Gasteiger partial charge >= 0.3 is 5.97 Å². The number of rotatable bonds is 6. The van der Waals surface area contributed by atoms with Gasteiger partial charge in [-0.05, 0) is 57.4 Å². The molecule has 1 aromatic carbocycles. The van der Waals surface area contributed by atoms with Crippen molar-refractivity contribution in [2.45, 2.75) is 40.5 Å². The molecule has 0 unspecified atom stereocenters. The fourth-order valence-corrected chi connectivity index (χ4v) is 2.67. The molecular weight excluding hydrogens is 304 g/mol. The molecule has 1 heterocycles. The summed E-state index contributed by atoms with van der Waals surface area (Å²) in [7, 11) is 0. The van der Waals surface area contributed by atoms with Crippen molar-refractivity contribution in [2.75, 3.05) is 11.9 Å². The number of anilines is 1. The van der Waals surface area contributed by atoms with Crippen LogP contribution in [0, 0.1) is 20.8 Å². The highest BCUT2D eigenvalue weighted by atomic mass is 16.5. The minimum atomic E-state index is -0.353. The van der Waals surface area contributed by atoms with Crippen molar-refractivity contribution in [3.8, 4) is 0 Å². The zero-order valence-corrected chi connectivity index (χ0v) is 14.7. The number of nitrogens with one attached hydrogen (secondary N) is 2. The number of amides is 1. The third-order valence-corrected chi connectivity index (χ3v) is 4.01. The van der Waals surface area contributed by atoms with E-state index in [9.17, 15) is 9.59 Å². The van der Waals surface area contributed by atoms with Crippen LogP contribution in [0.2, 0.25) is 0 Å². The first kappa shape index (κ1) is 17.8. The Morgan fingerprint density at radius 1 is 1.12 bits per heavy atom. The van der Waals surface area contributed by atoms with Crippen molar-refractivity contribution in [1.82, 2.24) is 4.98 Å². The van der Waals surface area contributed by atoms with E-state index >= 15 is 0 Å². The van der Waals surface area contributed by atoms with E-state index in [-0.39, 0.29) is 11.9 Å². The molecule has 24 heavy (non-hydrogen) atoms. The highest BCUT2D eigenvalue weighted by molar-refractivity contribution is 5.91. The molecule has 5 nitrogen and oxygen atoms in total. The zero-order valence-electron chi connectivity index (χ0n) is 14.7. The van der Waals surface area contributed by atoms with E-state index in [0.717, 1.165) is 28.1 Å². The number of aromatic amines is 1. The summed E-state index contributed by atoms with van der Waals surface area (Å²) in [5.41, 5.74) is 5.17. The van der Waals surface area contributed by atoms with Crippen molar-refractivity contribution in [2.24, 2.45) is 0 Å². The van der Waals surface area contributed by atoms with Crippen LogP contribution in [0.4, 0.5) is 5.69 Å². The molecule has 0 bridgehead atoms. The largest absolute Gasteiger partial charge is 0.461 e. The molecule has 0 radical (unpaired) electrons. The van der Waals surface area contributed by atoms with E-state index in [0.29, 0.717) is 25.1 Å². The fraction of sp³-hybridized carbons (Fsp3) is 0.368. The topological polar surface area (TPSA) is 71.2 Å². The second-order valence-electron chi connectivity index (χ2n) is 5.86. The molecule has 0 atom stereocenters. The van der Waals surface area contributed by atoms with E-state index in [1.165, 1.54) is 0 Å². The Hall–Kier alpha value is -2.56. The molecule has 128 valence electrons. The van der Waals surface area contributed by atoms with Crippen LogP contribution in [-0.2, 0) is 16.0 Å². The first-order chi connectivity index (χ1) is 11.4. The Labute approximate surface area is 142 Å². The van der Waals surface area contributed by atoms with Gasteiger partial charge in [0.25, 0.3) is 0 Å². The molecule has 2 rings (SSSR count). The maximum atomic E-state index is 12.1. The lowest BCUT2D eigenvalue weighted by atomic mass is 10.0. The lowest BCUT2D eigenvalue weighted by Crippen LogP contribution is -2.12. The van der Waals surface area contributed by atoms with Crippen LogP contribution in [0.15, 0.2) is 24.3 Å². The average molecular weight is 328 g/mol. The fourth-order valence-electron chi connectivity index (χ4n) is 2.67. The highest BCUT2D eigenvalue weighted by Crippen LogP contribution is 2.20. The molecule has 0 saturated heterocycles. The van der Waals surface area contributed by atoms with Gasteiger partial charge in [0.05, 0.1) is 6.61 Å². The Kier molecular flexibility index (Phi) is 5.79. The molecule has 0 saturated carbocycles. The van der Waals surface area contributed by atoms with Crippen LogP contribution in [0.25, 0.3) is 0 Å². The number of esters is 1. The van der Waals surface area contributed by atoms with E-state index in [2.05, 4.69) is 10.3 Å². The van der Waals surface area contributed by atoms with Crippen molar-refractivity contribution < 1.29 is 14.3 Å². The number of carbonyl (C=O) groups excluding carboxylic acids is 2. The Bertz CT molecular complexity index is 730. The van der Waals surface area contributed by atoms with Gasteiger partial charge in [-0.15, -0.1) is 0 Å².